The van der Waals surface area contributed by atoms with Crippen molar-refractivity contribution in [3.8, 4) is 0 Å². The highest BCUT2D eigenvalue weighted by atomic mass is 16.2. The first-order valence-corrected chi connectivity index (χ1v) is 6.64. The van der Waals surface area contributed by atoms with Crippen molar-refractivity contribution >= 4 is 5.91 Å². The zero-order valence-electron chi connectivity index (χ0n) is 10.8. The van der Waals surface area contributed by atoms with Crippen molar-refractivity contribution in [2.45, 2.75) is 52.1 Å². The minimum Gasteiger partial charge on any atom is -0.338 e. The van der Waals surface area contributed by atoms with Crippen LogP contribution in [0, 0.1) is 5.92 Å². The van der Waals surface area contributed by atoms with Crippen molar-refractivity contribution in [2.24, 2.45) is 5.92 Å². The standard InChI is InChI=1S/C13H24N2O/c1-4-10(2)14-8-12-6-5-7-15(11(3)16)13(12)9-14/h10,12-13H,4-9H2,1-3H3. The molecule has 0 radical (unpaired) electrons. The molecule has 2 heterocycles. The van der Waals surface area contributed by atoms with Gasteiger partial charge in [-0.3, -0.25) is 9.69 Å². The van der Waals surface area contributed by atoms with Crippen LogP contribution in [0.4, 0.5) is 0 Å². The Morgan fingerprint density at radius 2 is 2.19 bits per heavy atom. The van der Waals surface area contributed by atoms with Gasteiger partial charge in [0.1, 0.15) is 0 Å². The fourth-order valence-corrected chi connectivity index (χ4v) is 3.22. The maximum absolute atomic E-state index is 11.6. The van der Waals surface area contributed by atoms with Gasteiger partial charge < -0.3 is 4.90 Å². The molecule has 0 aromatic carbocycles. The third-order valence-electron chi connectivity index (χ3n) is 4.43. The summed E-state index contributed by atoms with van der Waals surface area (Å²) in [7, 11) is 0. The van der Waals surface area contributed by atoms with E-state index in [-0.39, 0.29) is 5.91 Å². The number of piperidine rings is 1. The monoisotopic (exact) mass is 224 g/mol. The molecule has 0 saturated carbocycles. The highest BCUT2D eigenvalue weighted by Gasteiger charge is 2.40. The Morgan fingerprint density at radius 3 is 2.81 bits per heavy atom. The van der Waals surface area contributed by atoms with Crippen LogP contribution in [0.1, 0.15) is 40.0 Å². The quantitative estimate of drug-likeness (QED) is 0.713. The second kappa shape index (κ2) is 4.74. The second-order valence-corrected chi connectivity index (χ2v) is 5.39. The Bertz CT molecular complexity index is 267. The van der Waals surface area contributed by atoms with Crippen molar-refractivity contribution < 1.29 is 4.79 Å². The average molecular weight is 224 g/mol. The van der Waals surface area contributed by atoms with Crippen molar-refractivity contribution in [1.82, 2.24) is 9.80 Å². The van der Waals surface area contributed by atoms with Gasteiger partial charge in [-0.25, -0.2) is 0 Å². The summed E-state index contributed by atoms with van der Waals surface area (Å²) in [4.78, 5) is 16.3. The normalized spacial score (nSPS) is 32.6. The van der Waals surface area contributed by atoms with Gasteiger partial charge in [0.05, 0.1) is 0 Å². The van der Waals surface area contributed by atoms with Gasteiger partial charge in [-0.1, -0.05) is 6.92 Å². The first-order valence-electron chi connectivity index (χ1n) is 6.64. The lowest BCUT2D eigenvalue weighted by Crippen LogP contribution is -2.47. The first kappa shape index (κ1) is 11.9. The van der Waals surface area contributed by atoms with Gasteiger partial charge in [0.15, 0.2) is 0 Å². The number of amides is 1. The van der Waals surface area contributed by atoms with Gasteiger partial charge >= 0.3 is 0 Å². The molecule has 0 aromatic heterocycles. The van der Waals surface area contributed by atoms with E-state index in [1.807, 2.05) is 0 Å². The van der Waals surface area contributed by atoms with Crippen LogP contribution in [0.2, 0.25) is 0 Å². The van der Waals surface area contributed by atoms with E-state index >= 15 is 0 Å². The Balaban J connectivity index is 2.04. The molecule has 0 aromatic rings. The Hall–Kier alpha value is -0.570. The Morgan fingerprint density at radius 1 is 1.44 bits per heavy atom. The molecule has 3 unspecified atom stereocenters. The highest BCUT2D eigenvalue weighted by molar-refractivity contribution is 5.73. The molecule has 3 atom stereocenters. The number of carbonyl (C=O) groups is 1. The van der Waals surface area contributed by atoms with Crippen LogP contribution >= 0.6 is 0 Å². The van der Waals surface area contributed by atoms with Gasteiger partial charge in [0.25, 0.3) is 0 Å². The number of nitrogens with zero attached hydrogens (tertiary/aromatic N) is 2. The molecular weight excluding hydrogens is 200 g/mol. The zero-order chi connectivity index (χ0) is 11.7. The number of hydrogen-bond donors (Lipinski definition) is 0. The minimum absolute atomic E-state index is 0.265. The molecule has 3 nitrogen and oxygen atoms in total. The summed E-state index contributed by atoms with van der Waals surface area (Å²) in [5.74, 6) is 0.993. The first-order chi connectivity index (χ1) is 7.63. The largest absolute Gasteiger partial charge is 0.338 e. The lowest BCUT2D eigenvalue weighted by Gasteiger charge is -2.36. The van der Waals surface area contributed by atoms with Crippen LogP contribution in [0.5, 0.6) is 0 Å². The van der Waals surface area contributed by atoms with Crippen LogP contribution < -0.4 is 0 Å². The fourth-order valence-electron chi connectivity index (χ4n) is 3.22. The number of hydrogen-bond acceptors (Lipinski definition) is 2. The lowest BCUT2D eigenvalue weighted by atomic mass is 9.92. The van der Waals surface area contributed by atoms with E-state index in [2.05, 4.69) is 23.6 Å². The predicted molar refractivity (Wildman–Crippen MR) is 65.2 cm³/mol. The highest BCUT2D eigenvalue weighted by Crippen LogP contribution is 2.31. The molecule has 2 aliphatic heterocycles. The zero-order valence-corrected chi connectivity index (χ0v) is 10.8. The maximum Gasteiger partial charge on any atom is 0.219 e. The summed E-state index contributed by atoms with van der Waals surface area (Å²) in [6, 6.07) is 1.17. The van der Waals surface area contributed by atoms with E-state index in [1.54, 1.807) is 6.92 Å². The molecule has 2 fully saturated rings. The van der Waals surface area contributed by atoms with Crippen LogP contribution in [0.15, 0.2) is 0 Å². The molecule has 2 rings (SSSR count). The summed E-state index contributed by atoms with van der Waals surface area (Å²) < 4.78 is 0. The molecule has 0 aliphatic carbocycles. The third-order valence-corrected chi connectivity index (χ3v) is 4.43. The summed E-state index contributed by atoms with van der Waals surface area (Å²) in [6.07, 6.45) is 3.70. The van der Waals surface area contributed by atoms with Gasteiger partial charge in [-0.15, -0.1) is 0 Å². The molecule has 16 heavy (non-hydrogen) atoms. The van der Waals surface area contributed by atoms with Crippen LogP contribution in [-0.4, -0.2) is 47.4 Å². The van der Waals surface area contributed by atoms with Crippen LogP contribution in [0.3, 0.4) is 0 Å². The van der Waals surface area contributed by atoms with Gasteiger partial charge in [-0.2, -0.15) is 0 Å². The number of fused-ring (bicyclic) bond motifs is 1. The molecule has 92 valence electrons. The number of carbonyl (C=O) groups excluding carboxylic acids is 1. The molecule has 3 heteroatoms. The van der Waals surface area contributed by atoms with E-state index in [0.29, 0.717) is 12.1 Å². The SMILES string of the molecule is CCC(C)N1CC2CCCN(C(C)=O)C2C1. The summed E-state index contributed by atoms with van der Waals surface area (Å²) in [5, 5.41) is 0. The van der Waals surface area contributed by atoms with Crippen LogP contribution in [0.25, 0.3) is 0 Å². The minimum atomic E-state index is 0.265. The molecule has 2 saturated heterocycles. The van der Waals surface area contributed by atoms with E-state index in [4.69, 9.17) is 0 Å². The third kappa shape index (κ3) is 2.10. The molecule has 2 aliphatic rings. The number of likely N-dealkylation sites (tertiary alicyclic amines) is 2. The summed E-state index contributed by atoms with van der Waals surface area (Å²) in [6.45, 7) is 9.53. The molecular formula is C13H24N2O. The topological polar surface area (TPSA) is 23.6 Å². The molecule has 0 N–H and O–H groups in total. The number of rotatable bonds is 2. The van der Waals surface area contributed by atoms with Crippen molar-refractivity contribution in [3.05, 3.63) is 0 Å². The molecule has 0 bridgehead atoms. The lowest BCUT2D eigenvalue weighted by molar-refractivity contribution is -0.133. The summed E-state index contributed by atoms with van der Waals surface area (Å²) in [5.41, 5.74) is 0. The van der Waals surface area contributed by atoms with E-state index in [1.165, 1.54) is 25.8 Å². The van der Waals surface area contributed by atoms with E-state index in [9.17, 15) is 4.79 Å². The average Bonchev–Trinajstić information content (AvgIpc) is 2.70. The van der Waals surface area contributed by atoms with Gasteiger partial charge in [0, 0.05) is 38.6 Å². The molecule has 0 spiro atoms. The van der Waals surface area contributed by atoms with E-state index in [0.717, 1.165) is 19.0 Å². The van der Waals surface area contributed by atoms with Crippen molar-refractivity contribution in [2.75, 3.05) is 19.6 Å². The van der Waals surface area contributed by atoms with Gasteiger partial charge in [-0.05, 0) is 32.1 Å². The predicted octanol–water partition coefficient (Wildman–Crippen LogP) is 1.73. The second-order valence-electron chi connectivity index (χ2n) is 5.39. The Labute approximate surface area is 98.8 Å². The van der Waals surface area contributed by atoms with Gasteiger partial charge in [0.2, 0.25) is 5.91 Å². The summed E-state index contributed by atoms with van der Waals surface area (Å²) >= 11 is 0. The molecule has 1 amide bonds. The van der Waals surface area contributed by atoms with Crippen molar-refractivity contribution in [3.63, 3.8) is 0 Å². The maximum atomic E-state index is 11.6. The van der Waals surface area contributed by atoms with E-state index < -0.39 is 0 Å². The smallest absolute Gasteiger partial charge is 0.219 e. The Kier molecular flexibility index (Phi) is 3.53. The fraction of sp³-hybridized carbons (Fsp3) is 0.923. The van der Waals surface area contributed by atoms with Crippen molar-refractivity contribution in [1.29, 1.82) is 0 Å². The van der Waals surface area contributed by atoms with Crippen LogP contribution in [-0.2, 0) is 4.79 Å².